The fourth-order valence-corrected chi connectivity index (χ4v) is 3.61. The molecule has 1 aliphatic carbocycles. The van der Waals surface area contributed by atoms with Crippen molar-refractivity contribution in [2.24, 2.45) is 0 Å². The van der Waals surface area contributed by atoms with Crippen LogP contribution < -0.4 is 5.32 Å². The maximum Gasteiger partial charge on any atom is 0.123 e. The van der Waals surface area contributed by atoms with Gasteiger partial charge < -0.3 is 5.32 Å². The van der Waals surface area contributed by atoms with Crippen molar-refractivity contribution in [3.63, 3.8) is 0 Å². The Balaban J connectivity index is 2.05. The summed E-state index contributed by atoms with van der Waals surface area (Å²) in [5, 5.41) is 3.55. The first kappa shape index (κ1) is 11.2. The van der Waals surface area contributed by atoms with E-state index in [0.29, 0.717) is 0 Å². The molecule has 1 N–H and O–H groups in total. The summed E-state index contributed by atoms with van der Waals surface area (Å²) in [6.45, 7) is 2.06. The smallest absolute Gasteiger partial charge is 0.123 e. The highest BCUT2D eigenvalue weighted by Gasteiger charge is 2.36. The number of benzene rings is 1. The summed E-state index contributed by atoms with van der Waals surface area (Å²) >= 11 is 0. The molecule has 1 aliphatic heterocycles. The van der Waals surface area contributed by atoms with E-state index in [9.17, 15) is 4.39 Å². The highest BCUT2D eigenvalue weighted by Crippen LogP contribution is 2.41. The van der Waals surface area contributed by atoms with Crippen LogP contribution in [0.5, 0.6) is 0 Å². The molecule has 0 atom stereocenters. The maximum absolute atomic E-state index is 13.4. The Kier molecular flexibility index (Phi) is 2.91. The monoisotopic (exact) mass is 233 g/mol. The molecule has 1 spiro atoms. The third-order valence-corrected chi connectivity index (χ3v) is 4.48. The zero-order valence-corrected chi connectivity index (χ0v) is 10.3. The molecule has 1 fully saturated rings. The van der Waals surface area contributed by atoms with Gasteiger partial charge in [-0.1, -0.05) is 25.3 Å². The van der Waals surface area contributed by atoms with Gasteiger partial charge in [0, 0.05) is 12.0 Å². The van der Waals surface area contributed by atoms with E-state index in [2.05, 4.69) is 5.32 Å². The van der Waals surface area contributed by atoms with Crippen molar-refractivity contribution in [2.75, 3.05) is 13.1 Å². The van der Waals surface area contributed by atoms with Crippen LogP contribution in [0.15, 0.2) is 18.2 Å². The molecule has 2 aliphatic rings. The van der Waals surface area contributed by atoms with Gasteiger partial charge in [-0.2, -0.15) is 0 Å². The van der Waals surface area contributed by atoms with E-state index >= 15 is 0 Å². The Labute approximate surface area is 102 Å². The molecular formula is C15H20FN. The minimum Gasteiger partial charge on any atom is -0.316 e. The number of hydrogen-bond donors (Lipinski definition) is 1. The van der Waals surface area contributed by atoms with E-state index < -0.39 is 0 Å². The highest BCUT2D eigenvalue weighted by molar-refractivity contribution is 5.37. The number of fused-ring (bicyclic) bond motifs is 2. The van der Waals surface area contributed by atoms with E-state index in [-0.39, 0.29) is 11.2 Å². The SMILES string of the molecule is Fc1ccc2c(c1)CCNCC21CCCCC1. The molecule has 2 heteroatoms. The number of hydrogen-bond acceptors (Lipinski definition) is 1. The average molecular weight is 233 g/mol. The number of halogens is 1. The van der Waals surface area contributed by atoms with E-state index in [4.69, 9.17) is 0 Å². The summed E-state index contributed by atoms with van der Waals surface area (Å²) in [6.07, 6.45) is 7.49. The van der Waals surface area contributed by atoms with Crippen molar-refractivity contribution in [1.29, 1.82) is 0 Å². The van der Waals surface area contributed by atoms with Crippen LogP contribution >= 0.6 is 0 Å². The van der Waals surface area contributed by atoms with Gasteiger partial charge in [-0.05, 0) is 49.1 Å². The predicted molar refractivity (Wildman–Crippen MR) is 67.7 cm³/mol. The van der Waals surface area contributed by atoms with Gasteiger partial charge in [-0.25, -0.2) is 4.39 Å². The van der Waals surface area contributed by atoms with Gasteiger partial charge in [-0.3, -0.25) is 0 Å². The molecule has 0 radical (unpaired) electrons. The van der Waals surface area contributed by atoms with Crippen LogP contribution in [0.25, 0.3) is 0 Å². The largest absolute Gasteiger partial charge is 0.316 e. The second-order valence-corrected chi connectivity index (χ2v) is 5.57. The fraction of sp³-hybridized carbons (Fsp3) is 0.600. The van der Waals surface area contributed by atoms with Crippen molar-refractivity contribution in [3.8, 4) is 0 Å². The van der Waals surface area contributed by atoms with E-state index in [1.165, 1.54) is 43.2 Å². The average Bonchev–Trinajstić information content (AvgIpc) is 2.51. The molecule has 0 amide bonds. The summed E-state index contributed by atoms with van der Waals surface area (Å²) in [6, 6.07) is 5.43. The van der Waals surface area contributed by atoms with Crippen molar-refractivity contribution < 1.29 is 4.39 Å². The Morgan fingerprint density at radius 3 is 2.76 bits per heavy atom. The van der Waals surface area contributed by atoms with E-state index in [1.807, 2.05) is 6.07 Å². The third kappa shape index (κ3) is 1.99. The van der Waals surface area contributed by atoms with Crippen molar-refractivity contribution in [1.82, 2.24) is 5.32 Å². The van der Waals surface area contributed by atoms with Gasteiger partial charge in [0.15, 0.2) is 0 Å². The lowest BCUT2D eigenvalue weighted by molar-refractivity contribution is 0.285. The van der Waals surface area contributed by atoms with Gasteiger partial charge in [-0.15, -0.1) is 0 Å². The molecule has 17 heavy (non-hydrogen) atoms. The molecule has 92 valence electrons. The molecule has 0 aromatic heterocycles. The zero-order chi connectivity index (χ0) is 11.7. The predicted octanol–water partition coefficient (Wildman–Crippen LogP) is 3.17. The van der Waals surface area contributed by atoms with Gasteiger partial charge in [0.05, 0.1) is 0 Å². The number of rotatable bonds is 0. The summed E-state index contributed by atoms with van der Waals surface area (Å²) in [7, 11) is 0. The lowest BCUT2D eigenvalue weighted by Gasteiger charge is -2.38. The van der Waals surface area contributed by atoms with Gasteiger partial charge in [0.25, 0.3) is 0 Å². The van der Waals surface area contributed by atoms with Gasteiger partial charge in [0.1, 0.15) is 5.82 Å². The molecule has 1 aromatic rings. The summed E-state index contributed by atoms with van der Waals surface area (Å²) < 4.78 is 13.4. The molecule has 1 heterocycles. The first-order valence-corrected chi connectivity index (χ1v) is 6.80. The minimum absolute atomic E-state index is 0.0865. The third-order valence-electron chi connectivity index (χ3n) is 4.48. The first-order valence-electron chi connectivity index (χ1n) is 6.80. The Morgan fingerprint density at radius 2 is 1.94 bits per heavy atom. The molecule has 1 saturated carbocycles. The molecule has 1 nitrogen and oxygen atoms in total. The lowest BCUT2D eigenvalue weighted by Crippen LogP contribution is -2.38. The van der Waals surface area contributed by atoms with Crippen LogP contribution in [0.1, 0.15) is 43.2 Å². The van der Waals surface area contributed by atoms with Crippen LogP contribution in [0.4, 0.5) is 4.39 Å². The zero-order valence-electron chi connectivity index (χ0n) is 10.3. The van der Waals surface area contributed by atoms with Crippen molar-refractivity contribution in [3.05, 3.63) is 35.1 Å². The van der Waals surface area contributed by atoms with Gasteiger partial charge >= 0.3 is 0 Å². The Morgan fingerprint density at radius 1 is 1.12 bits per heavy atom. The quantitative estimate of drug-likeness (QED) is 0.725. The standard InChI is InChI=1S/C15H20FN/c16-13-4-5-14-12(10-13)6-9-17-11-15(14)7-2-1-3-8-15/h4-5,10,17H,1-3,6-9,11H2. The maximum atomic E-state index is 13.4. The van der Waals surface area contributed by atoms with E-state index in [1.54, 1.807) is 12.1 Å². The van der Waals surface area contributed by atoms with Crippen LogP contribution in [-0.2, 0) is 11.8 Å². The normalized spacial score (nSPS) is 23.1. The second kappa shape index (κ2) is 4.41. The highest BCUT2D eigenvalue weighted by atomic mass is 19.1. The summed E-state index contributed by atoms with van der Waals surface area (Å²) in [4.78, 5) is 0. The van der Waals surface area contributed by atoms with Crippen molar-refractivity contribution in [2.45, 2.75) is 43.9 Å². The number of nitrogens with one attached hydrogen (secondary N) is 1. The van der Waals surface area contributed by atoms with Crippen LogP contribution in [0, 0.1) is 5.82 Å². The Hall–Kier alpha value is -0.890. The minimum atomic E-state index is -0.0865. The van der Waals surface area contributed by atoms with Crippen molar-refractivity contribution >= 4 is 0 Å². The second-order valence-electron chi connectivity index (χ2n) is 5.57. The molecule has 1 aromatic carbocycles. The van der Waals surface area contributed by atoms with Crippen LogP contribution in [0.2, 0.25) is 0 Å². The first-order chi connectivity index (χ1) is 8.30. The molecule has 0 bridgehead atoms. The molecule has 3 rings (SSSR count). The topological polar surface area (TPSA) is 12.0 Å². The van der Waals surface area contributed by atoms with Crippen LogP contribution in [-0.4, -0.2) is 13.1 Å². The lowest BCUT2D eigenvalue weighted by atomic mass is 9.68. The molecule has 0 unspecified atom stereocenters. The fourth-order valence-electron chi connectivity index (χ4n) is 3.61. The van der Waals surface area contributed by atoms with E-state index in [0.717, 1.165) is 19.5 Å². The Bertz CT molecular complexity index is 407. The summed E-state index contributed by atoms with van der Waals surface area (Å²) in [5.74, 6) is -0.0865. The summed E-state index contributed by atoms with van der Waals surface area (Å²) in [5.41, 5.74) is 2.94. The van der Waals surface area contributed by atoms with Gasteiger partial charge in [0.2, 0.25) is 0 Å². The molecular weight excluding hydrogens is 213 g/mol. The van der Waals surface area contributed by atoms with Crippen LogP contribution in [0.3, 0.4) is 0 Å². The molecule has 0 saturated heterocycles.